The van der Waals surface area contributed by atoms with Crippen LogP contribution in [0.3, 0.4) is 0 Å². The molecule has 1 aromatic carbocycles. The minimum Gasteiger partial charge on any atom is -0.346 e. The van der Waals surface area contributed by atoms with Crippen molar-refractivity contribution in [2.24, 2.45) is 5.92 Å². The molecule has 32 heavy (non-hydrogen) atoms. The Hall–Kier alpha value is -3.15. The summed E-state index contributed by atoms with van der Waals surface area (Å²) in [4.78, 5) is 25.3. The van der Waals surface area contributed by atoms with Gasteiger partial charge >= 0.3 is 0 Å². The molecule has 0 atom stereocenters. The molecule has 2 fully saturated rings. The fourth-order valence-corrected chi connectivity index (χ4v) is 5.13. The van der Waals surface area contributed by atoms with Gasteiger partial charge in [0.2, 0.25) is 0 Å². The van der Waals surface area contributed by atoms with Crippen molar-refractivity contribution in [3.63, 3.8) is 0 Å². The first-order chi connectivity index (χ1) is 15.5. The quantitative estimate of drug-likeness (QED) is 0.566. The summed E-state index contributed by atoms with van der Waals surface area (Å²) in [6.45, 7) is 3.64. The van der Waals surface area contributed by atoms with Gasteiger partial charge in [0.05, 0.1) is 11.1 Å². The molecule has 1 amide bonds. The zero-order chi connectivity index (χ0) is 22.1. The van der Waals surface area contributed by atoms with Crippen LogP contribution in [0, 0.1) is 11.7 Å². The van der Waals surface area contributed by atoms with E-state index in [-0.39, 0.29) is 17.3 Å². The summed E-state index contributed by atoms with van der Waals surface area (Å²) in [6, 6.07) is 6.90. The van der Waals surface area contributed by atoms with E-state index in [0.717, 1.165) is 55.8 Å². The number of hydrogen-bond donors (Lipinski definition) is 1. The summed E-state index contributed by atoms with van der Waals surface area (Å²) in [5.41, 5.74) is 2.47. The van der Waals surface area contributed by atoms with Crippen LogP contribution in [0.4, 0.5) is 4.39 Å². The lowest BCUT2D eigenvalue weighted by Gasteiger charge is -2.32. The number of carbonyl (C=O) groups is 1. The molecule has 3 aromatic rings. The number of hydrogen-bond acceptors (Lipinski definition) is 4. The second-order valence-electron chi connectivity index (χ2n) is 9.25. The van der Waals surface area contributed by atoms with Gasteiger partial charge in [-0.3, -0.25) is 9.78 Å². The monoisotopic (exact) mass is 430 g/mol. The molecule has 0 bridgehead atoms. The van der Waals surface area contributed by atoms with E-state index in [0.29, 0.717) is 23.2 Å². The van der Waals surface area contributed by atoms with Crippen LogP contribution in [0.25, 0.3) is 17.0 Å². The van der Waals surface area contributed by atoms with Crippen LogP contribution in [-0.4, -0.2) is 26.4 Å². The van der Waals surface area contributed by atoms with Gasteiger partial charge in [-0.15, -0.1) is 0 Å². The molecule has 2 aliphatic rings. The van der Waals surface area contributed by atoms with E-state index in [1.807, 2.05) is 6.20 Å². The van der Waals surface area contributed by atoms with E-state index in [4.69, 9.17) is 0 Å². The number of benzene rings is 1. The average molecular weight is 431 g/mol. The highest BCUT2D eigenvalue weighted by atomic mass is 19.1. The van der Waals surface area contributed by atoms with Crippen molar-refractivity contribution in [2.45, 2.75) is 56.4 Å². The molecule has 2 saturated carbocycles. The standard InChI is InChI=1S/C26H27FN4O/c1-2-24-29-15-19(16-30-24)25(32)31-26(10-11-26)14-17-3-5-18(6-4-17)21-9-12-28-23-8-7-20(27)13-22(21)23/h2,7-9,12-13,15-18H,1,3-6,10-11,14H2,(H,31,32). The van der Waals surface area contributed by atoms with Crippen LogP contribution in [0.5, 0.6) is 0 Å². The molecule has 0 saturated heterocycles. The third-order valence-corrected chi connectivity index (χ3v) is 7.05. The zero-order valence-corrected chi connectivity index (χ0v) is 18.1. The summed E-state index contributed by atoms with van der Waals surface area (Å²) in [5.74, 6) is 1.24. The maximum absolute atomic E-state index is 13.8. The Labute approximate surface area is 187 Å². The van der Waals surface area contributed by atoms with E-state index in [9.17, 15) is 9.18 Å². The van der Waals surface area contributed by atoms with Crippen LogP contribution in [0.2, 0.25) is 0 Å². The van der Waals surface area contributed by atoms with Gasteiger partial charge in [-0.2, -0.15) is 0 Å². The number of amides is 1. The molecule has 6 heteroatoms. The number of pyridine rings is 1. The van der Waals surface area contributed by atoms with E-state index < -0.39 is 0 Å². The first-order valence-corrected chi connectivity index (χ1v) is 11.4. The Morgan fingerprint density at radius 3 is 2.56 bits per heavy atom. The lowest BCUT2D eigenvalue weighted by molar-refractivity contribution is 0.0920. The highest BCUT2D eigenvalue weighted by Gasteiger charge is 2.46. The van der Waals surface area contributed by atoms with Gasteiger partial charge in [0.25, 0.3) is 5.91 Å². The van der Waals surface area contributed by atoms with Gasteiger partial charge in [0, 0.05) is 29.5 Å². The van der Waals surface area contributed by atoms with E-state index >= 15 is 0 Å². The maximum Gasteiger partial charge on any atom is 0.254 e. The molecule has 164 valence electrons. The van der Waals surface area contributed by atoms with Crippen molar-refractivity contribution in [3.05, 3.63) is 72.2 Å². The second kappa shape index (κ2) is 8.41. The van der Waals surface area contributed by atoms with Gasteiger partial charge in [-0.25, -0.2) is 14.4 Å². The van der Waals surface area contributed by atoms with Crippen LogP contribution in [-0.2, 0) is 0 Å². The summed E-state index contributed by atoms with van der Waals surface area (Å²) in [6.07, 6.45) is 14.0. The first kappa shape index (κ1) is 20.7. The number of aromatic nitrogens is 3. The molecule has 0 radical (unpaired) electrons. The third-order valence-electron chi connectivity index (χ3n) is 7.05. The van der Waals surface area contributed by atoms with Crippen molar-refractivity contribution < 1.29 is 9.18 Å². The number of halogens is 1. The van der Waals surface area contributed by atoms with E-state index in [1.54, 1.807) is 30.6 Å². The Morgan fingerprint density at radius 1 is 1.12 bits per heavy atom. The number of nitrogens with one attached hydrogen (secondary N) is 1. The normalized spacial score (nSPS) is 21.8. The Morgan fingerprint density at radius 2 is 1.88 bits per heavy atom. The molecule has 2 aromatic heterocycles. The SMILES string of the molecule is C=Cc1ncc(C(=O)NC2(CC3CCC(c4ccnc5ccc(F)cc45)CC3)CC2)cn1. The molecule has 5 nitrogen and oxygen atoms in total. The average Bonchev–Trinajstić information content (AvgIpc) is 3.58. The predicted octanol–water partition coefficient (Wildman–Crippen LogP) is 5.43. The minimum atomic E-state index is -0.212. The van der Waals surface area contributed by atoms with Gasteiger partial charge in [0.1, 0.15) is 5.82 Å². The number of nitrogens with zero attached hydrogens (tertiary/aromatic N) is 3. The highest BCUT2D eigenvalue weighted by Crippen LogP contribution is 2.47. The van der Waals surface area contributed by atoms with Crippen LogP contribution in [0.15, 0.2) is 49.4 Å². The number of rotatable bonds is 6. The van der Waals surface area contributed by atoms with Gasteiger partial charge in [-0.05, 0) is 92.7 Å². The summed E-state index contributed by atoms with van der Waals surface area (Å²) in [5, 5.41) is 4.18. The lowest BCUT2D eigenvalue weighted by Crippen LogP contribution is -2.39. The lowest BCUT2D eigenvalue weighted by atomic mass is 9.75. The second-order valence-corrected chi connectivity index (χ2v) is 9.25. The summed E-state index contributed by atoms with van der Waals surface area (Å²) < 4.78 is 13.8. The van der Waals surface area contributed by atoms with Gasteiger partial charge in [-0.1, -0.05) is 6.58 Å². The Bertz CT molecular complexity index is 1150. The topological polar surface area (TPSA) is 67.8 Å². The summed E-state index contributed by atoms with van der Waals surface area (Å²) >= 11 is 0. The van der Waals surface area contributed by atoms with Gasteiger partial charge < -0.3 is 5.32 Å². The van der Waals surface area contributed by atoms with E-state index in [1.165, 1.54) is 11.6 Å². The van der Waals surface area contributed by atoms with Crippen LogP contribution in [0.1, 0.15) is 72.6 Å². The molecule has 2 aliphatic carbocycles. The third kappa shape index (κ3) is 4.27. The molecule has 0 spiro atoms. The predicted molar refractivity (Wildman–Crippen MR) is 123 cm³/mol. The maximum atomic E-state index is 13.8. The molecular weight excluding hydrogens is 403 g/mol. The largest absolute Gasteiger partial charge is 0.346 e. The van der Waals surface area contributed by atoms with Crippen molar-refractivity contribution in [1.29, 1.82) is 0 Å². The fraction of sp³-hybridized carbons (Fsp3) is 0.385. The smallest absolute Gasteiger partial charge is 0.254 e. The van der Waals surface area contributed by atoms with Crippen molar-refractivity contribution in [3.8, 4) is 0 Å². The number of fused-ring (bicyclic) bond motifs is 1. The fourth-order valence-electron chi connectivity index (χ4n) is 5.13. The zero-order valence-electron chi connectivity index (χ0n) is 18.1. The number of carbonyl (C=O) groups excluding carboxylic acids is 1. The molecule has 1 N–H and O–H groups in total. The Balaban J connectivity index is 1.20. The summed E-state index contributed by atoms with van der Waals surface area (Å²) in [7, 11) is 0. The molecule has 0 unspecified atom stereocenters. The first-order valence-electron chi connectivity index (χ1n) is 11.4. The molecular formula is C26H27FN4O. The van der Waals surface area contributed by atoms with Crippen molar-refractivity contribution in [1.82, 2.24) is 20.3 Å². The minimum absolute atomic E-state index is 0.0851. The molecule has 0 aliphatic heterocycles. The van der Waals surface area contributed by atoms with Crippen molar-refractivity contribution >= 4 is 22.9 Å². The highest BCUT2D eigenvalue weighted by molar-refractivity contribution is 5.94. The van der Waals surface area contributed by atoms with Crippen LogP contribution >= 0.6 is 0 Å². The Kier molecular flexibility index (Phi) is 5.45. The molecule has 2 heterocycles. The van der Waals surface area contributed by atoms with Gasteiger partial charge in [0.15, 0.2) is 5.82 Å². The van der Waals surface area contributed by atoms with Crippen molar-refractivity contribution in [2.75, 3.05) is 0 Å². The molecule has 5 rings (SSSR count). The van der Waals surface area contributed by atoms with E-state index in [2.05, 4.69) is 32.9 Å². The van der Waals surface area contributed by atoms with Crippen LogP contribution < -0.4 is 5.32 Å².